The van der Waals surface area contributed by atoms with Crippen LogP contribution < -0.4 is 0 Å². The van der Waals surface area contributed by atoms with Gasteiger partial charge in [-0.1, -0.05) is 19.1 Å². The van der Waals surface area contributed by atoms with Crippen molar-refractivity contribution in [2.75, 3.05) is 21.2 Å². The third kappa shape index (κ3) is 7.50. The molecule has 3 fully saturated rings. The zero-order chi connectivity index (χ0) is 43.7. The molecule has 0 amide bonds. The Morgan fingerprint density at radius 1 is 0.833 bits per heavy atom. The number of nitrogens with zero attached hydrogens (tertiary/aromatic N) is 1. The second-order valence-electron chi connectivity index (χ2n) is 16.6. The molecule has 2 aromatic carbocycles. The maximum absolute atomic E-state index is 14.0. The number of methoxy groups -OCH3 is 1. The van der Waals surface area contributed by atoms with Gasteiger partial charge in [-0.15, -0.1) is 0 Å². The highest BCUT2D eigenvalue weighted by atomic mass is 16.7. The van der Waals surface area contributed by atoms with Gasteiger partial charge in [-0.05, 0) is 47.4 Å². The summed E-state index contributed by atoms with van der Waals surface area (Å²) in [6, 6.07) is 3.43. The molecule has 14 atom stereocenters. The van der Waals surface area contributed by atoms with Crippen LogP contribution in [0.25, 0.3) is 0 Å². The maximum atomic E-state index is 14.0. The fourth-order valence-corrected chi connectivity index (χ4v) is 9.37. The zero-order valence-electron chi connectivity index (χ0n) is 34.4. The van der Waals surface area contributed by atoms with Gasteiger partial charge >= 0.3 is 5.97 Å². The van der Waals surface area contributed by atoms with Gasteiger partial charge in [0.2, 0.25) is 5.78 Å². The molecule has 18 nitrogen and oxygen atoms in total. The number of hydrogen-bond acceptors (Lipinski definition) is 18. The average Bonchev–Trinajstić information content (AvgIpc) is 3.18. The maximum Gasteiger partial charge on any atom is 0.316 e. The summed E-state index contributed by atoms with van der Waals surface area (Å²) in [4.78, 5) is 55.2. The number of esters is 1. The Kier molecular flexibility index (Phi) is 12.2. The van der Waals surface area contributed by atoms with Crippen molar-refractivity contribution in [3.8, 4) is 17.2 Å². The highest BCUT2D eigenvalue weighted by molar-refractivity contribution is 6.31. The standard InChI is InChI=1S/C42H53NO17/c1-8-42(53)15-25(29-30(33(42)40(52)54-7)37(51)31-32(36(29)50)35(49)28-19(34(31)48)10-9-11-21(28)44)58-26-12-20(43(5)6)38(17(3)55-26)59-27-14-23(46)39(18(4)56-27)60-41-24(47)13-22(45)16(2)57-41/h9-11,16-18,20,23-27,33,38-39,41,44,46-47,50-51,53H,8,12-15H2,1-7H3/t16-,17-,18-,20-,23-,24-,25-,26-,27-,33-,38+,39+,41-,42+/m0/s1. The lowest BCUT2D eigenvalue weighted by Crippen LogP contribution is -2.58. The number of hydrogen-bond donors (Lipinski definition) is 6. The number of fused-ring (bicyclic) bond motifs is 3. The van der Waals surface area contributed by atoms with E-state index in [-0.39, 0.29) is 60.1 Å². The monoisotopic (exact) mass is 843 g/mol. The second kappa shape index (κ2) is 16.7. The van der Waals surface area contributed by atoms with Crippen molar-refractivity contribution in [1.82, 2.24) is 4.90 Å². The molecule has 0 spiro atoms. The van der Waals surface area contributed by atoms with Gasteiger partial charge in [-0.2, -0.15) is 0 Å². The van der Waals surface area contributed by atoms with Gasteiger partial charge in [0.25, 0.3) is 0 Å². The topological polar surface area (TPSA) is 258 Å². The minimum Gasteiger partial charge on any atom is -0.507 e. The van der Waals surface area contributed by atoms with Crippen LogP contribution in [-0.4, -0.2) is 153 Å². The lowest BCUT2D eigenvalue weighted by molar-refractivity contribution is -0.330. The van der Waals surface area contributed by atoms with Crippen molar-refractivity contribution in [3.63, 3.8) is 0 Å². The number of phenols is 3. The minimum absolute atomic E-state index is 0.0119. The summed E-state index contributed by atoms with van der Waals surface area (Å²) >= 11 is 0. The average molecular weight is 844 g/mol. The van der Waals surface area contributed by atoms with E-state index in [1.54, 1.807) is 27.7 Å². The van der Waals surface area contributed by atoms with Crippen molar-refractivity contribution >= 4 is 23.3 Å². The predicted octanol–water partition coefficient (Wildman–Crippen LogP) is 1.83. The summed E-state index contributed by atoms with van der Waals surface area (Å²) in [5.41, 5.74) is -4.28. The minimum atomic E-state index is -1.94. The Balaban J connectivity index is 1.15. The summed E-state index contributed by atoms with van der Waals surface area (Å²) in [5, 5.41) is 68.2. The lowest BCUT2D eigenvalue weighted by Gasteiger charge is -2.48. The summed E-state index contributed by atoms with van der Waals surface area (Å²) in [6.07, 6.45) is -10.9. The molecule has 18 heteroatoms. The normalized spacial score (nSPS) is 36.7. The highest BCUT2D eigenvalue weighted by Gasteiger charge is 2.55. The van der Waals surface area contributed by atoms with Crippen LogP contribution in [0.3, 0.4) is 0 Å². The molecule has 0 bridgehead atoms. The Morgan fingerprint density at radius 3 is 2.10 bits per heavy atom. The molecular weight excluding hydrogens is 790 g/mol. The van der Waals surface area contributed by atoms with Crippen molar-refractivity contribution in [1.29, 1.82) is 0 Å². The molecule has 6 N–H and O–H groups in total. The Bertz CT molecular complexity index is 2030. The summed E-state index contributed by atoms with van der Waals surface area (Å²) in [7, 11) is 4.73. The highest BCUT2D eigenvalue weighted by Crippen LogP contribution is 2.57. The SMILES string of the molecule is CC[C@@]1(O)C[C@H](O[C@H]2C[C@H](N(C)C)[C@H](O[C@H]3C[C@H](O)[C@H](O[C@@H]4O[C@@H](C)C(=O)C[C@@H]4O)[C@H](C)O3)[C@H](C)O2)c2c(O)c3c(c(O)c2[C@H]1C(=O)OC)C(=O)c1cccc(O)c1C3=O. The first kappa shape index (κ1) is 44.0. The van der Waals surface area contributed by atoms with Crippen molar-refractivity contribution in [3.05, 3.63) is 51.6 Å². The molecule has 3 aliphatic heterocycles. The van der Waals surface area contributed by atoms with Gasteiger partial charge in [0.1, 0.15) is 47.6 Å². The van der Waals surface area contributed by atoms with Crippen LogP contribution in [-0.2, 0) is 42.7 Å². The van der Waals surface area contributed by atoms with Gasteiger partial charge in [0.05, 0.1) is 53.8 Å². The van der Waals surface area contributed by atoms with E-state index in [0.29, 0.717) is 0 Å². The Labute approximate surface area is 345 Å². The molecule has 0 saturated carbocycles. The second-order valence-corrected chi connectivity index (χ2v) is 16.6. The molecule has 3 saturated heterocycles. The number of Topliss-reactive ketones (excluding diaryl/α,β-unsaturated/α-hetero) is 1. The molecule has 3 heterocycles. The van der Waals surface area contributed by atoms with Crippen LogP contribution in [0.1, 0.15) is 115 Å². The third-order valence-electron chi connectivity index (χ3n) is 12.6. The van der Waals surface area contributed by atoms with Crippen LogP contribution in [0.15, 0.2) is 18.2 Å². The lowest BCUT2D eigenvalue weighted by atomic mass is 9.66. The first-order valence-electron chi connectivity index (χ1n) is 20.1. The molecule has 2 aliphatic carbocycles. The Hall–Kier alpha value is -4.08. The molecule has 7 rings (SSSR count). The van der Waals surface area contributed by atoms with Crippen molar-refractivity contribution in [2.24, 2.45) is 0 Å². The van der Waals surface area contributed by atoms with E-state index in [9.17, 15) is 49.8 Å². The first-order chi connectivity index (χ1) is 28.3. The van der Waals surface area contributed by atoms with E-state index in [2.05, 4.69) is 0 Å². The molecule has 0 radical (unpaired) electrons. The van der Waals surface area contributed by atoms with Crippen LogP contribution in [0.4, 0.5) is 0 Å². The third-order valence-corrected chi connectivity index (χ3v) is 12.6. The first-order valence-corrected chi connectivity index (χ1v) is 20.1. The molecule has 328 valence electrons. The fourth-order valence-electron chi connectivity index (χ4n) is 9.37. The Morgan fingerprint density at radius 2 is 1.47 bits per heavy atom. The number of aliphatic hydroxyl groups excluding tert-OH is 2. The van der Waals surface area contributed by atoms with Crippen molar-refractivity contribution < 1.29 is 83.0 Å². The van der Waals surface area contributed by atoms with E-state index < -0.39 is 131 Å². The summed E-state index contributed by atoms with van der Waals surface area (Å²) < 4.78 is 42.1. The van der Waals surface area contributed by atoms with E-state index in [0.717, 1.165) is 7.11 Å². The number of aliphatic hydroxyl groups is 3. The van der Waals surface area contributed by atoms with Crippen LogP contribution in [0.2, 0.25) is 0 Å². The molecule has 0 aromatic heterocycles. The molecular formula is C42H53NO17. The van der Waals surface area contributed by atoms with Gasteiger partial charge < -0.3 is 68.7 Å². The zero-order valence-corrected chi connectivity index (χ0v) is 34.4. The summed E-state index contributed by atoms with van der Waals surface area (Å²) in [5.74, 6) is -6.77. The van der Waals surface area contributed by atoms with E-state index in [1.807, 2.05) is 19.0 Å². The molecule has 5 aliphatic rings. The molecule has 0 unspecified atom stereocenters. The van der Waals surface area contributed by atoms with Gasteiger partial charge in [0, 0.05) is 48.4 Å². The van der Waals surface area contributed by atoms with Crippen molar-refractivity contribution in [2.45, 2.75) is 145 Å². The quantitative estimate of drug-likeness (QED) is 0.133. The van der Waals surface area contributed by atoms with E-state index in [4.69, 9.17) is 33.2 Å². The number of carbonyl (C=O) groups excluding carboxylic acids is 4. The number of ketones is 3. The van der Waals surface area contributed by atoms with Gasteiger partial charge in [-0.3, -0.25) is 19.2 Å². The number of benzene rings is 2. The fraction of sp³-hybridized carbons (Fsp3) is 0.619. The number of carbonyl (C=O) groups is 4. The number of likely N-dealkylation sites (N-methyl/N-ethyl adjacent to an activating group) is 1. The number of aromatic hydroxyl groups is 3. The molecule has 60 heavy (non-hydrogen) atoms. The summed E-state index contributed by atoms with van der Waals surface area (Å²) in [6.45, 7) is 6.60. The van der Waals surface area contributed by atoms with Gasteiger partial charge in [0.15, 0.2) is 30.4 Å². The van der Waals surface area contributed by atoms with Crippen LogP contribution in [0, 0.1) is 0 Å². The number of phenolic OH excluding ortho intramolecular Hbond substituents is 3. The van der Waals surface area contributed by atoms with E-state index in [1.165, 1.54) is 18.2 Å². The molecule has 2 aromatic rings. The van der Waals surface area contributed by atoms with Gasteiger partial charge in [-0.25, -0.2) is 0 Å². The smallest absolute Gasteiger partial charge is 0.316 e. The number of ether oxygens (including phenoxy) is 7. The predicted molar refractivity (Wildman–Crippen MR) is 204 cm³/mol. The van der Waals surface area contributed by atoms with E-state index >= 15 is 0 Å². The van der Waals surface area contributed by atoms with Crippen LogP contribution in [0.5, 0.6) is 17.2 Å². The van der Waals surface area contributed by atoms with Crippen LogP contribution >= 0.6 is 0 Å². The number of rotatable bonds is 9. The largest absolute Gasteiger partial charge is 0.507 e.